The number of ether oxygens (including phenoxy) is 2. The Morgan fingerprint density at radius 1 is 1.16 bits per heavy atom. The summed E-state index contributed by atoms with van der Waals surface area (Å²) < 4.78 is 11.1. The van der Waals surface area contributed by atoms with E-state index in [0.717, 1.165) is 17.9 Å². The first-order valence-electron chi connectivity index (χ1n) is 6.50. The summed E-state index contributed by atoms with van der Waals surface area (Å²) >= 11 is 3.32. The zero-order chi connectivity index (χ0) is 14.0. The molecule has 3 N–H and O–H groups in total. The molecular formula is C12H22O5S2. The van der Waals surface area contributed by atoms with Crippen molar-refractivity contribution in [2.24, 2.45) is 0 Å². The lowest BCUT2D eigenvalue weighted by Crippen LogP contribution is -2.48. The van der Waals surface area contributed by atoms with Crippen molar-refractivity contribution in [2.45, 2.75) is 55.1 Å². The van der Waals surface area contributed by atoms with Crippen LogP contribution in [0.1, 0.15) is 20.3 Å². The van der Waals surface area contributed by atoms with Crippen LogP contribution in [0.5, 0.6) is 0 Å². The normalized spacial score (nSPS) is 35.2. The third-order valence-corrected chi connectivity index (χ3v) is 6.30. The van der Waals surface area contributed by atoms with Gasteiger partial charge in [0.15, 0.2) is 5.79 Å². The molecule has 2 heterocycles. The van der Waals surface area contributed by atoms with E-state index in [-0.39, 0.29) is 11.2 Å². The molecule has 0 radical (unpaired) electrons. The molecular weight excluding hydrogens is 288 g/mol. The van der Waals surface area contributed by atoms with Gasteiger partial charge in [-0.05, 0) is 31.8 Å². The van der Waals surface area contributed by atoms with E-state index in [1.54, 1.807) is 37.4 Å². The molecule has 2 saturated heterocycles. The van der Waals surface area contributed by atoms with E-state index in [2.05, 4.69) is 0 Å². The van der Waals surface area contributed by atoms with E-state index in [1.165, 1.54) is 0 Å². The van der Waals surface area contributed by atoms with Crippen LogP contribution in [-0.2, 0) is 9.47 Å². The SMILES string of the molecule is CC1(C)O[C@@H]([C@@H](O)[C@H](O)C2SCCCS2)[C@@H](CO)O1. The van der Waals surface area contributed by atoms with Crippen LogP contribution in [0.15, 0.2) is 0 Å². The van der Waals surface area contributed by atoms with E-state index in [9.17, 15) is 15.3 Å². The Bertz CT molecular complexity index is 296. The molecule has 0 bridgehead atoms. The lowest BCUT2D eigenvalue weighted by molar-refractivity contribution is -0.162. The zero-order valence-electron chi connectivity index (χ0n) is 11.2. The predicted molar refractivity (Wildman–Crippen MR) is 76.2 cm³/mol. The number of aliphatic hydroxyl groups excluding tert-OH is 3. The monoisotopic (exact) mass is 310 g/mol. The van der Waals surface area contributed by atoms with Crippen LogP contribution >= 0.6 is 23.5 Å². The number of thioether (sulfide) groups is 2. The Kier molecular flexibility index (Phi) is 5.44. The largest absolute Gasteiger partial charge is 0.394 e. The summed E-state index contributed by atoms with van der Waals surface area (Å²) in [4.78, 5) is 0. The van der Waals surface area contributed by atoms with Crippen molar-refractivity contribution in [1.82, 2.24) is 0 Å². The average Bonchev–Trinajstić information content (AvgIpc) is 2.73. The molecule has 0 saturated carbocycles. The molecule has 2 rings (SSSR count). The number of rotatable bonds is 4. The van der Waals surface area contributed by atoms with Gasteiger partial charge in [0, 0.05) is 0 Å². The van der Waals surface area contributed by atoms with Crippen LogP contribution < -0.4 is 0 Å². The molecule has 19 heavy (non-hydrogen) atoms. The minimum Gasteiger partial charge on any atom is -0.394 e. The molecule has 112 valence electrons. The molecule has 0 aromatic carbocycles. The van der Waals surface area contributed by atoms with Gasteiger partial charge >= 0.3 is 0 Å². The van der Waals surface area contributed by atoms with E-state index >= 15 is 0 Å². The molecule has 2 aliphatic heterocycles. The first-order valence-corrected chi connectivity index (χ1v) is 8.60. The minimum atomic E-state index is -1.05. The quantitative estimate of drug-likeness (QED) is 0.694. The van der Waals surface area contributed by atoms with Gasteiger partial charge in [-0.15, -0.1) is 23.5 Å². The van der Waals surface area contributed by atoms with Gasteiger partial charge in [0.25, 0.3) is 0 Å². The van der Waals surface area contributed by atoms with Crippen molar-refractivity contribution in [3.63, 3.8) is 0 Å². The van der Waals surface area contributed by atoms with Crippen LogP contribution in [0.3, 0.4) is 0 Å². The second kappa shape index (κ2) is 6.51. The molecule has 4 atom stereocenters. The number of hydrogen-bond acceptors (Lipinski definition) is 7. The smallest absolute Gasteiger partial charge is 0.164 e. The van der Waals surface area contributed by atoms with Gasteiger partial charge in [0.1, 0.15) is 24.4 Å². The fourth-order valence-corrected chi connectivity index (χ4v) is 5.30. The van der Waals surface area contributed by atoms with Crippen molar-refractivity contribution < 1.29 is 24.8 Å². The van der Waals surface area contributed by atoms with Crippen molar-refractivity contribution in [3.05, 3.63) is 0 Å². The topological polar surface area (TPSA) is 79.2 Å². The molecule has 2 aliphatic rings. The van der Waals surface area contributed by atoms with Gasteiger partial charge in [0.2, 0.25) is 0 Å². The molecule has 0 spiro atoms. The van der Waals surface area contributed by atoms with Gasteiger partial charge < -0.3 is 24.8 Å². The summed E-state index contributed by atoms with van der Waals surface area (Å²) in [7, 11) is 0. The minimum absolute atomic E-state index is 0.0459. The Labute approximate surface area is 122 Å². The second-order valence-corrected chi connectivity index (χ2v) is 8.06. The van der Waals surface area contributed by atoms with Crippen LogP contribution in [-0.4, -0.2) is 68.2 Å². The maximum Gasteiger partial charge on any atom is 0.164 e. The lowest BCUT2D eigenvalue weighted by Gasteiger charge is -2.32. The third kappa shape index (κ3) is 3.78. The summed E-state index contributed by atoms with van der Waals surface area (Å²) in [5.41, 5.74) is 0. The Balaban J connectivity index is 1.99. The molecule has 7 heteroatoms. The summed E-state index contributed by atoms with van der Waals surface area (Å²) in [5.74, 6) is 1.16. The van der Waals surface area contributed by atoms with Crippen molar-refractivity contribution in [1.29, 1.82) is 0 Å². The van der Waals surface area contributed by atoms with Crippen LogP contribution in [0.2, 0.25) is 0 Å². The zero-order valence-corrected chi connectivity index (χ0v) is 12.8. The third-order valence-electron chi connectivity index (χ3n) is 3.22. The maximum absolute atomic E-state index is 10.3. The maximum atomic E-state index is 10.3. The molecule has 0 amide bonds. The Morgan fingerprint density at radius 2 is 1.79 bits per heavy atom. The van der Waals surface area contributed by atoms with Gasteiger partial charge in [-0.25, -0.2) is 0 Å². The summed E-state index contributed by atoms with van der Waals surface area (Å²) in [5, 5.41) is 29.9. The van der Waals surface area contributed by atoms with E-state index < -0.39 is 30.2 Å². The Hall–Kier alpha value is 0.500. The average molecular weight is 310 g/mol. The van der Waals surface area contributed by atoms with E-state index in [4.69, 9.17) is 9.47 Å². The highest BCUT2D eigenvalue weighted by Gasteiger charge is 2.47. The number of aliphatic hydroxyl groups is 3. The Morgan fingerprint density at radius 3 is 2.37 bits per heavy atom. The molecule has 0 unspecified atom stereocenters. The summed E-state index contributed by atoms with van der Waals surface area (Å²) in [6.07, 6.45) is -2.10. The standard InChI is InChI=1S/C12H22O5S2/c1-12(2)16-7(6-13)10(17-12)8(14)9(15)11-18-4-3-5-19-11/h7-11,13-15H,3-6H2,1-2H3/t7-,8+,9+,10-/m1/s1. The molecule has 0 aromatic heterocycles. The van der Waals surface area contributed by atoms with Gasteiger partial charge in [0.05, 0.1) is 11.2 Å². The van der Waals surface area contributed by atoms with Crippen molar-refractivity contribution >= 4 is 23.5 Å². The highest BCUT2D eigenvalue weighted by molar-refractivity contribution is 8.17. The second-order valence-electron chi connectivity index (χ2n) is 5.27. The van der Waals surface area contributed by atoms with Crippen LogP contribution in [0.4, 0.5) is 0 Å². The summed E-state index contributed by atoms with van der Waals surface area (Å²) in [6, 6.07) is 0. The predicted octanol–water partition coefficient (Wildman–Crippen LogP) is 0.417. The van der Waals surface area contributed by atoms with Gasteiger partial charge in [-0.1, -0.05) is 0 Å². The molecule has 2 fully saturated rings. The van der Waals surface area contributed by atoms with Crippen molar-refractivity contribution in [3.8, 4) is 0 Å². The fourth-order valence-electron chi connectivity index (χ4n) is 2.35. The van der Waals surface area contributed by atoms with E-state index in [1.807, 2.05) is 0 Å². The summed E-state index contributed by atoms with van der Waals surface area (Å²) in [6.45, 7) is 3.24. The highest BCUT2D eigenvalue weighted by atomic mass is 32.2. The molecule has 0 aromatic rings. The van der Waals surface area contributed by atoms with Crippen molar-refractivity contribution in [2.75, 3.05) is 18.1 Å². The van der Waals surface area contributed by atoms with Gasteiger partial charge in [-0.2, -0.15) is 0 Å². The lowest BCUT2D eigenvalue weighted by atomic mass is 10.0. The molecule has 5 nitrogen and oxygen atoms in total. The first kappa shape index (κ1) is 15.9. The number of hydrogen-bond donors (Lipinski definition) is 3. The van der Waals surface area contributed by atoms with Crippen LogP contribution in [0, 0.1) is 0 Å². The van der Waals surface area contributed by atoms with E-state index in [0.29, 0.717) is 0 Å². The first-order chi connectivity index (χ1) is 8.94. The van der Waals surface area contributed by atoms with Gasteiger partial charge in [-0.3, -0.25) is 0 Å². The van der Waals surface area contributed by atoms with Crippen LogP contribution in [0.25, 0.3) is 0 Å². The fraction of sp³-hybridized carbons (Fsp3) is 1.00. The highest BCUT2D eigenvalue weighted by Crippen LogP contribution is 2.37. The molecule has 0 aliphatic carbocycles.